The highest BCUT2D eigenvalue weighted by Gasteiger charge is 2.34. The second-order valence-corrected chi connectivity index (χ2v) is 11.7. The molecule has 3 aliphatic rings. The smallest absolute Gasteiger partial charge is 0.251 e. The van der Waals surface area contributed by atoms with E-state index in [-0.39, 0.29) is 30.8 Å². The number of aliphatic hydroxyl groups is 1. The van der Waals surface area contributed by atoms with Crippen molar-refractivity contribution in [2.45, 2.75) is 37.8 Å². The number of nitrogens with one attached hydrogen (secondary N) is 1. The standard InChI is InChI=1S/C33H38FN7O5/c1-21(42)33(43)41-10-8-29(26(34)18-41)46-28-6-3-22(15-23(28)17-35)32-36-9-7-31(38-32)37-24-4-5-27(30(16-24)44-2)40-13-11-39(12-14-40)25-19-45-20-25/h3-7,9,15-16,21,25-26,29,42H,8,10-14,18-20H2,1-2H3,(H,36,37,38)/t21-,26+,29-/m0/s1. The fraction of sp³-hybridized carbons (Fsp3) is 0.455. The monoisotopic (exact) mass is 631 g/mol. The molecule has 46 heavy (non-hydrogen) atoms. The Morgan fingerprint density at radius 2 is 1.93 bits per heavy atom. The summed E-state index contributed by atoms with van der Waals surface area (Å²) in [6, 6.07) is 15.4. The Labute approximate surface area is 267 Å². The number of ether oxygens (including phenoxy) is 3. The molecule has 0 radical (unpaired) electrons. The van der Waals surface area contributed by atoms with Crippen molar-refractivity contribution in [1.29, 1.82) is 5.26 Å². The summed E-state index contributed by atoms with van der Waals surface area (Å²) < 4.78 is 31.9. The van der Waals surface area contributed by atoms with Crippen LogP contribution in [0, 0.1) is 11.3 Å². The molecular formula is C33H38FN7O5. The van der Waals surface area contributed by atoms with Crippen LogP contribution in [0.15, 0.2) is 48.7 Å². The first-order chi connectivity index (χ1) is 22.3. The van der Waals surface area contributed by atoms with Crippen molar-refractivity contribution in [2.24, 2.45) is 0 Å². The Hall–Kier alpha value is -4.51. The minimum atomic E-state index is -1.46. The maximum absolute atomic E-state index is 14.9. The molecule has 0 aliphatic carbocycles. The molecule has 0 saturated carbocycles. The fourth-order valence-corrected chi connectivity index (χ4v) is 6.00. The van der Waals surface area contributed by atoms with E-state index in [1.165, 1.54) is 11.8 Å². The van der Waals surface area contributed by atoms with Crippen molar-refractivity contribution in [3.05, 3.63) is 54.2 Å². The number of alkyl halides is 1. The predicted molar refractivity (Wildman–Crippen MR) is 169 cm³/mol. The molecule has 12 nitrogen and oxygen atoms in total. The number of rotatable bonds is 9. The number of nitrogens with zero attached hydrogens (tertiary/aromatic N) is 6. The lowest BCUT2D eigenvalue weighted by molar-refractivity contribution is -0.143. The lowest BCUT2D eigenvalue weighted by Crippen LogP contribution is -2.56. The average molecular weight is 632 g/mol. The molecule has 4 heterocycles. The second-order valence-electron chi connectivity index (χ2n) is 11.7. The number of piperazine rings is 1. The first kappa shape index (κ1) is 31.5. The van der Waals surface area contributed by atoms with Crippen LogP contribution < -0.4 is 19.7 Å². The van der Waals surface area contributed by atoms with Gasteiger partial charge in [0.25, 0.3) is 5.91 Å². The van der Waals surface area contributed by atoms with Gasteiger partial charge >= 0.3 is 0 Å². The zero-order valence-corrected chi connectivity index (χ0v) is 25.9. The van der Waals surface area contributed by atoms with Gasteiger partial charge in [-0.3, -0.25) is 9.69 Å². The highest BCUT2D eigenvalue weighted by molar-refractivity contribution is 5.80. The molecule has 1 amide bonds. The molecule has 2 N–H and O–H groups in total. The number of anilines is 3. The lowest BCUT2D eigenvalue weighted by atomic mass is 10.0. The van der Waals surface area contributed by atoms with E-state index in [4.69, 9.17) is 14.2 Å². The van der Waals surface area contributed by atoms with Crippen LogP contribution in [0.3, 0.4) is 0 Å². The third-order valence-corrected chi connectivity index (χ3v) is 8.69. The zero-order chi connectivity index (χ0) is 32.2. The number of likely N-dealkylation sites (tertiary alicyclic amines) is 1. The Kier molecular flexibility index (Phi) is 9.48. The molecule has 3 fully saturated rings. The summed E-state index contributed by atoms with van der Waals surface area (Å²) in [4.78, 5) is 27.2. The highest BCUT2D eigenvalue weighted by atomic mass is 19.1. The molecule has 2 aromatic carbocycles. The molecule has 3 aromatic rings. The van der Waals surface area contributed by atoms with Gasteiger partial charge < -0.3 is 34.4 Å². The topological polar surface area (TPSA) is 136 Å². The Morgan fingerprint density at radius 1 is 1.13 bits per heavy atom. The van der Waals surface area contributed by atoms with Gasteiger partial charge in [0.2, 0.25) is 0 Å². The van der Waals surface area contributed by atoms with Crippen molar-refractivity contribution in [3.8, 4) is 29.0 Å². The molecule has 0 bridgehead atoms. The van der Waals surface area contributed by atoms with Crippen LogP contribution in [0.25, 0.3) is 11.4 Å². The van der Waals surface area contributed by atoms with E-state index in [9.17, 15) is 19.6 Å². The summed E-state index contributed by atoms with van der Waals surface area (Å²) in [7, 11) is 1.67. The number of hydrogen-bond donors (Lipinski definition) is 2. The normalized spacial score (nSPS) is 21.2. The number of aromatic nitrogens is 2. The van der Waals surface area contributed by atoms with E-state index in [0.717, 1.165) is 56.5 Å². The number of halogens is 1. The van der Waals surface area contributed by atoms with Gasteiger partial charge in [-0.1, -0.05) is 0 Å². The second kappa shape index (κ2) is 13.9. The van der Waals surface area contributed by atoms with Crippen LogP contribution in [0.4, 0.5) is 21.6 Å². The van der Waals surface area contributed by atoms with Crippen molar-refractivity contribution in [3.63, 3.8) is 0 Å². The number of methoxy groups -OCH3 is 1. The highest BCUT2D eigenvalue weighted by Crippen LogP contribution is 2.34. The number of hydrogen-bond acceptors (Lipinski definition) is 11. The maximum Gasteiger partial charge on any atom is 0.251 e. The van der Waals surface area contributed by atoms with Gasteiger partial charge in [0.05, 0.1) is 44.2 Å². The van der Waals surface area contributed by atoms with E-state index in [1.54, 1.807) is 37.6 Å². The van der Waals surface area contributed by atoms with Gasteiger partial charge in [0.15, 0.2) is 12.0 Å². The number of amides is 1. The molecule has 242 valence electrons. The first-order valence-electron chi connectivity index (χ1n) is 15.5. The van der Waals surface area contributed by atoms with Crippen LogP contribution >= 0.6 is 0 Å². The third-order valence-electron chi connectivity index (χ3n) is 8.69. The van der Waals surface area contributed by atoms with Crippen molar-refractivity contribution in [1.82, 2.24) is 19.8 Å². The van der Waals surface area contributed by atoms with E-state index in [0.29, 0.717) is 23.2 Å². The molecule has 0 spiro atoms. The minimum Gasteiger partial charge on any atom is -0.495 e. The number of carbonyl (C=O) groups is 1. The Morgan fingerprint density at radius 3 is 2.61 bits per heavy atom. The van der Waals surface area contributed by atoms with Crippen LogP contribution in [-0.4, -0.2) is 115 Å². The summed E-state index contributed by atoms with van der Waals surface area (Å²) in [6.07, 6.45) is -1.60. The quantitative estimate of drug-likeness (QED) is 0.361. The Balaban J connectivity index is 1.11. The Bertz CT molecular complexity index is 1590. The van der Waals surface area contributed by atoms with Gasteiger partial charge in [-0.2, -0.15) is 5.26 Å². The average Bonchev–Trinajstić information content (AvgIpc) is 3.05. The third kappa shape index (κ3) is 6.84. The summed E-state index contributed by atoms with van der Waals surface area (Å²) in [5, 5.41) is 22.7. The minimum absolute atomic E-state index is 0.176. The molecule has 3 aliphatic heterocycles. The molecule has 13 heteroatoms. The molecule has 0 unspecified atom stereocenters. The van der Waals surface area contributed by atoms with Gasteiger partial charge in [0, 0.05) is 62.7 Å². The van der Waals surface area contributed by atoms with Gasteiger partial charge in [0.1, 0.15) is 35.6 Å². The van der Waals surface area contributed by atoms with Gasteiger partial charge in [-0.15, -0.1) is 0 Å². The molecular weight excluding hydrogens is 593 g/mol. The maximum atomic E-state index is 14.9. The van der Waals surface area contributed by atoms with Crippen LogP contribution in [0.1, 0.15) is 18.9 Å². The summed E-state index contributed by atoms with van der Waals surface area (Å²) in [5.74, 6) is 1.47. The van der Waals surface area contributed by atoms with Crippen molar-refractivity contribution < 1.29 is 28.5 Å². The molecule has 6 rings (SSSR count). The van der Waals surface area contributed by atoms with E-state index >= 15 is 0 Å². The number of piperidine rings is 1. The van der Waals surface area contributed by atoms with Crippen LogP contribution in [-0.2, 0) is 9.53 Å². The van der Waals surface area contributed by atoms with Crippen molar-refractivity contribution >= 4 is 23.1 Å². The number of aliphatic hydroxyl groups excluding tert-OH is 1. The molecule has 1 aromatic heterocycles. The fourth-order valence-electron chi connectivity index (χ4n) is 6.00. The van der Waals surface area contributed by atoms with E-state index < -0.39 is 24.3 Å². The number of nitriles is 1. The summed E-state index contributed by atoms with van der Waals surface area (Å²) in [5.41, 5.74) is 2.67. The molecule has 3 saturated heterocycles. The zero-order valence-electron chi connectivity index (χ0n) is 25.9. The predicted octanol–water partition coefficient (Wildman–Crippen LogP) is 2.99. The lowest BCUT2D eigenvalue weighted by Gasteiger charge is -2.43. The molecule has 3 atom stereocenters. The largest absolute Gasteiger partial charge is 0.495 e. The van der Waals surface area contributed by atoms with Gasteiger partial charge in [-0.25, -0.2) is 14.4 Å². The van der Waals surface area contributed by atoms with Gasteiger partial charge in [-0.05, 0) is 43.3 Å². The summed E-state index contributed by atoms with van der Waals surface area (Å²) >= 11 is 0. The summed E-state index contributed by atoms with van der Waals surface area (Å²) in [6.45, 7) is 6.91. The number of benzene rings is 2. The van der Waals surface area contributed by atoms with E-state index in [2.05, 4.69) is 37.2 Å². The SMILES string of the molecule is COc1cc(Nc2ccnc(-c3ccc(O[C@H]4CCN(C(=O)[C@H](C)O)C[C@H]4F)c(C#N)c3)n2)ccc1N1CCN(C2COC2)CC1. The first-order valence-corrected chi connectivity index (χ1v) is 15.5. The van der Waals surface area contributed by atoms with E-state index in [1.807, 2.05) is 12.1 Å². The van der Waals surface area contributed by atoms with Crippen LogP contribution in [0.2, 0.25) is 0 Å². The van der Waals surface area contributed by atoms with Crippen molar-refractivity contribution in [2.75, 3.05) is 69.8 Å². The van der Waals surface area contributed by atoms with Crippen LogP contribution in [0.5, 0.6) is 11.5 Å². The number of carbonyl (C=O) groups excluding carboxylic acids is 1.